The molecule has 3 nitrogen and oxygen atoms in total. The number of allylic oxidation sites excluding steroid dienone is 1. The normalized spacial score (nSPS) is 14.5. The molecule has 58 heavy (non-hydrogen) atoms. The lowest BCUT2D eigenvalue weighted by atomic mass is 9.96. The van der Waals surface area contributed by atoms with Crippen LogP contribution in [0.4, 0.5) is 0 Å². The predicted molar refractivity (Wildman–Crippen MR) is 242 cm³/mol. The Morgan fingerprint density at radius 2 is 1.02 bits per heavy atom. The zero-order valence-electron chi connectivity index (χ0n) is 31.7. The van der Waals surface area contributed by atoms with Crippen LogP contribution in [-0.2, 0) is 6.42 Å². The number of para-hydroxylation sites is 5. The molecule has 0 saturated heterocycles. The Hall–Kier alpha value is -7.01. The third-order valence-electron chi connectivity index (χ3n) is 12.2. The van der Waals surface area contributed by atoms with Crippen LogP contribution >= 0.6 is 10.0 Å². The Morgan fingerprint density at radius 3 is 1.72 bits per heavy atom. The summed E-state index contributed by atoms with van der Waals surface area (Å²) in [5.41, 5.74) is 9.40. The van der Waals surface area contributed by atoms with Crippen molar-refractivity contribution in [3.8, 4) is 5.69 Å². The van der Waals surface area contributed by atoms with Crippen molar-refractivity contribution >= 4 is 70.8 Å². The van der Waals surface area contributed by atoms with Gasteiger partial charge in [-0.25, -0.2) is 0 Å². The number of fused-ring (bicyclic) bond motifs is 9. The van der Waals surface area contributed by atoms with Gasteiger partial charge in [-0.15, -0.1) is 10.0 Å². The lowest BCUT2D eigenvalue weighted by molar-refractivity contribution is 0.636. The minimum atomic E-state index is -2.08. The second kappa shape index (κ2) is 13.0. The minimum absolute atomic E-state index is 0.181. The van der Waals surface area contributed by atoms with Crippen molar-refractivity contribution in [3.05, 3.63) is 218 Å². The van der Waals surface area contributed by atoms with Gasteiger partial charge in [0.1, 0.15) is 11.2 Å². The SMILES string of the molecule is C1=CC(n2c3ccccc3c3ccccc32)Cc2c1n(-c1cccc(S(c3ccccc3)(c3ccccc3)c3cccc4c3oc3ccccc34)c1)c1ccccc21. The Morgan fingerprint density at radius 1 is 0.466 bits per heavy atom. The molecular weight excluding hydrogens is 725 g/mol. The minimum Gasteiger partial charge on any atom is -0.455 e. The largest absolute Gasteiger partial charge is 0.455 e. The van der Waals surface area contributed by atoms with Crippen molar-refractivity contribution in [2.24, 2.45) is 0 Å². The summed E-state index contributed by atoms with van der Waals surface area (Å²) in [7, 11) is -2.08. The van der Waals surface area contributed by atoms with Crippen LogP contribution in [0.25, 0.3) is 66.4 Å². The molecular formula is C54H38N2OS. The van der Waals surface area contributed by atoms with Gasteiger partial charge in [0.05, 0.1) is 11.6 Å². The second-order valence-corrected chi connectivity index (χ2v) is 18.3. The highest BCUT2D eigenvalue weighted by Crippen LogP contribution is 2.75. The fraction of sp³-hybridized carbons (Fsp3) is 0.0370. The van der Waals surface area contributed by atoms with E-state index < -0.39 is 10.0 Å². The van der Waals surface area contributed by atoms with Gasteiger partial charge in [-0.3, -0.25) is 0 Å². The Balaban J connectivity index is 1.10. The van der Waals surface area contributed by atoms with Gasteiger partial charge in [0, 0.05) is 68.9 Å². The van der Waals surface area contributed by atoms with E-state index in [0.717, 1.165) is 34.0 Å². The monoisotopic (exact) mass is 762 g/mol. The molecule has 3 heterocycles. The van der Waals surface area contributed by atoms with Gasteiger partial charge in [0.15, 0.2) is 0 Å². The van der Waals surface area contributed by atoms with Gasteiger partial charge >= 0.3 is 0 Å². The van der Waals surface area contributed by atoms with E-state index in [2.05, 4.69) is 221 Å². The Labute approximate surface area is 338 Å². The van der Waals surface area contributed by atoms with E-state index in [1.54, 1.807) is 0 Å². The molecule has 8 aromatic carbocycles. The van der Waals surface area contributed by atoms with Crippen LogP contribution in [0.5, 0.6) is 0 Å². The van der Waals surface area contributed by atoms with Crippen LogP contribution in [0.15, 0.2) is 230 Å². The lowest BCUT2D eigenvalue weighted by Crippen LogP contribution is -2.13. The molecule has 0 amide bonds. The highest BCUT2D eigenvalue weighted by atomic mass is 32.3. The standard InChI is InChI=1S/C54H38N2OS/c1-3-18-39(19-4-1)58(40-20-5-2-6-21-40,53-32-16-27-46-45-26-10-14-31-52(45)57-54(46)53)41-22-15-17-37(35-41)55-50-30-13-9-25-44(50)47-36-38(33-34-51(47)55)56-48-28-11-7-23-42(48)43-24-8-12-29-49(43)56/h1-35,38H,36H2. The van der Waals surface area contributed by atoms with Crippen LogP contribution in [0.2, 0.25) is 0 Å². The molecule has 0 saturated carbocycles. The van der Waals surface area contributed by atoms with Gasteiger partial charge in [0.2, 0.25) is 0 Å². The molecule has 0 radical (unpaired) electrons. The number of benzene rings is 8. The number of hydrogen-bond acceptors (Lipinski definition) is 1. The average molecular weight is 763 g/mol. The molecule has 276 valence electrons. The van der Waals surface area contributed by atoms with Gasteiger partial charge in [-0.1, -0.05) is 133 Å². The van der Waals surface area contributed by atoms with E-state index in [1.807, 2.05) is 0 Å². The predicted octanol–water partition coefficient (Wildman–Crippen LogP) is 14.8. The summed E-state index contributed by atoms with van der Waals surface area (Å²) in [6, 6.07) is 73.5. The molecule has 0 fully saturated rings. The molecule has 0 aliphatic heterocycles. The van der Waals surface area contributed by atoms with E-state index in [4.69, 9.17) is 4.42 Å². The number of rotatable bonds is 6. The molecule has 4 heteroatoms. The summed E-state index contributed by atoms with van der Waals surface area (Å²) in [6.07, 6.45) is 5.70. The van der Waals surface area contributed by atoms with Crippen molar-refractivity contribution in [3.63, 3.8) is 0 Å². The average Bonchev–Trinajstić information content (AvgIpc) is 3.96. The summed E-state index contributed by atoms with van der Waals surface area (Å²) in [6.45, 7) is 0. The van der Waals surface area contributed by atoms with Gasteiger partial charge in [-0.05, 0) is 90.9 Å². The van der Waals surface area contributed by atoms with Crippen molar-refractivity contribution in [2.75, 3.05) is 0 Å². The fourth-order valence-electron chi connectivity index (χ4n) is 9.77. The van der Waals surface area contributed by atoms with Crippen molar-refractivity contribution in [1.29, 1.82) is 0 Å². The maximum Gasteiger partial charge on any atom is 0.148 e. The summed E-state index contributed by atoms with van der Waals surface area (Å²) >= 11 is 0. The fourth-order valence-corrected chi connectivity index (χ4v) is 13.8. The van der Waals surface area contributed by atoms with Crippen LogP contribution in [0.1, 0.15) is 17.3 Å². The molecule has 1 aliphatic carbocycles. The van der Waals surface area contributed by atoms with Crippen LogP contribution in [0, 0.1) is 0 Å². The summed E-state index contributed by atoms with van der Waals surface area (Å²) < 4.78 is 11.9. The number of furan rings is 1. The van der Waals surface area contributed by atoms with E-state index in [0.29, 0.717) is 0 Å². The second-order valence-electron chi connectivity index (χ2n) is 15.2. The zero-order chi connectivity index (χ0) is 38.2. The van der Waals surface area contributed by atoms with E-state index >= 15 is 0 Å². The Bertz CT molecular complexity index is 3290. The summed E-state index contributed by atoms with van der Waals surface area (Å²) in [5.74, 6) is 0. The first-order valence-electron chi connectivity index (χ1n) is 20.0. The molecule has 0 N–H and O–H groups in total. The molecule has 1 atom stereocenters. The quantitative estimate of drug-likeness (QED) is 0.165. The third kappa shape index (κ3) is 4.76. The van der Waals surface area contributed by atoms with Crippen LogP contribution in [0.3, 0.4) is 0 Å². The summed E-state index contributed by atoms with van der Waals surface area (Å²) in [4.78, 5) is 4.98. The summed E-state index contributed by atoms with van der Waals surface area (Å²) in [5, 5.41) is 6.19. The smallest absolute Gasteiger partial charge is 0.148 e. The first-order valence-corrected chi connectivity index (χ1v) is 21.6. The van der Waals surface area contributed by atoms with E-state index in [1.165, 1.54) is 63.5 Å². The third-order valence-corrected chi connectivity index (χ3v) is 16.1. The Kier molecular flexibility index (Phi) is 7.44. The van der Waals surface area contributed by atoms with Crippen LogP contribution < -0.4 is 0 Å². The molecule has 12 rings (SSSR count). The van der Waals surface area contributed by atoms with Crippen molar-refractivity contribution < 1.29 is 4.42 Å². The zero-order valence-corrected chi connectivity index (χ0v) is 32.5. The lowest BCUT2D eigenvalue weighted by Gasteiger charge is -2.42. The van der Waals surface area contributed by atoms with Crippen molar-refractivity contribution in [1.82, 2.24) is 9.13 Å². The number of aromatic nitrogens is 2. The van der Waals surface area contributed by atoms with Gasteiger partial charge < -0.3 is 13.6 Å². The van der Waals surface area contributed by atoms with Crippen molar-refractivity contribution in [2.45, 2.75) is 32.0 Å². The van der Waals surface area contributed by atoms with Crippen LogP contribution in [-0.4, -0.2) is 9.13 Å². The molecule has 1 unspecified atom stereocenters. The maximum atomic E-state index is 6.89. The topological polar surface area (TPSA) is 23.0 Å². The van der Waals surface area contributed by atoms with E-state index in [9.17, 15) is 0 Å². The molecule has 1 aliphatic rings. The molecule has 3 aromatic heterocycles. The highest BCUT2D eigenvalue weighted by molar-refractivity contribution is 8.34. The maximum absolute atomic E-state index is 6.89. The van der Waals surface area contributed by atoms with Gasteiger partial charge in [0.25, 0.3) is 0 Å². The number of hydrogen-bond donors (Lipinski definition) is 0. The molecule has 0 bridgehead atoms. The molecule has 11 aromatic rings. The van der Waals surface area contributed by atoms with E-state index in [-0.39, 0.29) is 6.04 Å². The highest BCUT2D eigenvalue weighted by Gasteiger charge is 2.37. The van der Waals surface area contributed by atoms with Gasteiger partial charge in [-0.2, -0.15) is 0 Å². The first-order chi connectivity index (χ1) is 28.8. The molecule has 0 spiro atoms. The first kappa shape index (κ1) is 33.2. The number of nitrogens with zero attached hydrogens (tertiary/aromatic N) is 2.